The Morgan fingerprint density at radius 3 is 2.60 bits per heavy atom. The maximum absolute atomic E-state index is 12.0. The minimum atomic E-state index is -1.08. The van der Waals surface area contributed by atoms with Gasteiger partial charge in [0, 0.05) is 44.2 Å². The molecule has 5 heteroatoms. The highest BCUT2D eigenvalue weighted by Crippen LogP contribution is 2.17. The van der Waals surface area contributed by atoms with Crippen molar-refractivity contribution >= 4 is 17.6 Å². The van der Waals surface area contributed by atoms with Gasteiger partial charge in [0.15, 0.2) is 5.78 Å². The molecule has 0 aromatic heterocycles. The Labute approximate surface area is 118 Å². The SMILES string of the molecule is C=CCN(C(=O)O)c1cccc(C(=O)C=CN(C)C)c1. The zero-order valence-electron chi connectivity index (χ0n) is 11.6. The molecule has 0 unspecified atom stereocenters. The van der Waals surface area contributed by atoms with Gasteiger partial charge in [0.05, 0.1) is 0 Å². The highest BCUT2D eigenvalue weighted by Gasteiger charge is 2.13. The van der Waals surface area contributed by atoms with Crippen molar-refractivity contribution < 1.29 is 14.7 Å². The predicted octanol–water partition coefficient (Wildman–Crippen LogP) is 2.62. The third-order valence-electron chi connectivity index (χ3n) is 2.51. The fourth-order valence-corrected chi connectivity index (χ4v) is 1.56. The van der Waals surface area contributed by atoms with Crippen LogP contribution in [0.25, 0.3) is 0 Å². The van der Waals surface area contributed by atoms with Gasteiger partial charge in [0.1, 0.15) is 0 Å². The second kappa shape index (κ2) is 7.13. The highest BCUT2D eigenvalue weighted by atomic mass is 16.4. The molecule has 1 aromatic carbocycles. The van der Waals surface area contributed by atoms with Gasteiger partial charge in [-0.3, -0.25) is 9.69 Å². The number of nitrogens with zero attached hydrogens (tertiary/aromatic N) is 2. The number of carboxylic acid groups (broad SMARTS) is 1. The van der Waals surface area contributed by atoms with Crippen LogP contribution in [0.1, 0.15) is 10.4 Å². The molecule has 0 atom stereocenters. The number of benzene rings is 1. The molecule has 0 bridgehead atoms. The second-order valence-electron chi connectivity index (χ2n) is 4.38. The number of hydrogen-bond acceptors (Lipinski definition) is 3. The van der Waals surface area contributed by atoms with Crippen LogP contribution in [0.2, 0.25) is 0 Å². The summed E-state index contributed by atoms with van der Waals surface area (Å²) >= 11 is 0. The maximum atomic E-state index is 12.0. The molecule has 0 heterocycles. The number of amides is 1. The van der Waals surface area contributed by atoms with Crippen LogP contribution in [-0.4, -0.2) is 42.5 Å². The van der Waals surface area contributed by atoms with E-state index in [1.54, 1.807) is 35.4 Å². The van der Waals surface area contributed by atoms with Gasteiger partial charge in [-0.25, -0.2) is 4.79 Å². The average molecular weight is 274 g/mol. The van der Waals surface area contributed by atoms with Gasteiger partial charge in [0.2, 0.25) is 0 Å². The molecule has 1 rings (SSSR count). The van der Waals surface area contributed by atoms with E-state index in [-0.39, 0.29) is 12.3 Å². The molecule has 0 aliphatic carbocycles. The van der Waals surface area contributed by atoms with Gasteiger partial charge in [-0.15, -0.1) is 6.58 Å². The minimum Gasteiger partial charge on any atom is -0.465 e. The van der Waals surface area contributed by atoms with Crippen molar-refractivity contribution in [1.82, 2.24) is 4.90 Å². The van der Waals surface area contributed by atoms with Crippen molar-refractivity contribution in [2.75, 3.05) is 25.5 Å². The fourth-order valence-electron chi connectivity index (χ4n) is 1.56. The molecule has 0 radical (unpaired) electrons. The van der Waals surface area contributed by atoms with E-state index in [1.807, 2.05) is 14.1 Å². The number of ketones is 1. The molecule has 0 saturated carbocycles. The summed E-state index contributed by atoms with van der Waals surface area (Å²) in [6.45, 7) is 3.69. The van der Waals surface area contributed by atoms with Gasteiger partial charge in [-0.2, -0.15) is 0 Å². The Kier molecular flexibility index (Phi) is 5.53. The van der Waals surface area contributed by atoms with E-state index < -0.39 is 6.09 Å². The van der Waals surface area contributed by atoms with Crippen molar-refractivity contribution in [2.24, 2.45) is 0 Å². The van der Waals surface area contributed by atoms with E-state index in [2.05, 4.69) is 6.58 Å². The maximum Gasteiger partial charge on any atom is 0.412 e. The molecule has 0 spiro atoms. The van der Waals surface area contributed by atoms with Gasteiger partial charge < -0.3 is 10.0 Å². The van der Waals surface area contributed by atoms with Crippen LogP contribution < -0.4 is 4.90 Å². The number of allylic oxidation sites excluding steroid dienone is 1. The monoisotopic (exact) mass is 274 g/mol. The predicted molar refractivity (Wildman–Crippen MR) is 79.2 cm³/mol. The summed E-state index contributed by atoms with van der Waals surface area (Å²) in [5, 5.41) is 9.14. The Bertz CT molecular complexity index is 536. The number of rotatable bonds is 6. The molecule has 0 fully saturated rings. The first-order valence-corrected chi connectivity index (χ1v) is 6.06. The molecular formula is C15H18N2O3. The van der Waals surface area contributed by atoms with Crippen LogP contribution >= 0.6 is 0 Å². The van der Waals surface area contributed by atoms with Crippen LogP contribution in [0.3, 0.4) is 0 Å². The van der Waals surface area contributed by atoms with E-state index >= 15 is 0 Å². The van der Waals surface area contributed by atoms with Crippen molar-refractivity contribution in [1.29, 1.82) is 0 Å². The third kappa shape index (κ3) is 4.28. The first-order valence-electron chi connectivity index (χ1n) is 6.06. The Hall–Kier alpha value is -2.56. The molecule has 0 aliphatic heterocycles. The molecular weight excluding hydrogens is 256 g/mol. The smallest absolute Gasteiger partial charge is 0.412 e. The van der Waals surface area contributed by atoms with Gasteiger partial charge >= 0.3 is 6.09 Å². The zero-order chi connectivity index (χ0) is 15.1. The molecule has 1 amide bonds. The number of carbonyl (C=O) groups excluding carboxylic acids is 1. The van der Waals surface area contributed by atoms with Gasteiger partial charge in [-0.1, -0.05) is 18.2 Å². The Morgan fingerprint density at radius 2 is 2.05 bits per heavy atom. The Balaban J connectivity index is 3.03. The van der Waals surface area contributed by atoms with Gasteiger partial charge in [0.25, 0.3) is 0 Å². The van der Waals surface area contributed by atoms with E-state index in [0.29, 0.717) is 11.3 Å². The Morgan fingerprint density at radius 1 is 1.35 bits per heavy atom. The minimum absolute atomic E-state index is 0.167. The summed E-state index contributed by atoms with van der Waals surface area (Å²) in [4.78, 5) is 26.0. The lowest BCUT2D eigenvalue weighted by Crippen LogP contribution is -2.29. The van der Waals surface area contributed by atoms with E-state index in [1.165, 1.54) is 12.2 Å². The molecule has 0 saturated heterocycles. The summed E-state index contributed by atoms with van der Waals surface area (Å²) in [6, 6.07) is 6.51. The van der Waals surface area contributed by atoms with Crippen LogP contribution in [-0.2, 0) is 0 Å². The number of carbonyl (C=O) groups is 2. The van der Waals surface area contributed by atoms with Crippen molar-refractivity contribution in [2.45, 2.75) is 0 Å². The van der Waals surface area contributed by atoms with Crippen molar-refractivity contribution in [3.63, 3.8) is 0 Å². The highest BCUT2D eigenvalue weighted by molar-refractivity contribution is 6.05. The van der Waals surface area contributed by atoms with E-state index in [0.717, 1.165) is 4.90 Å². The van der Waals surface area contributed by atoms with Crippen LogP contribution in [0.15, 0.2) is 49.2 Å². The van der Waals surface area contributed by atoms with E-state index in [9.17, 15) is 9.59 Å². The first-order chi connectivity index (χ1) is 9.45. The molecule has 1 N–H and O–H groups in total. The fraction of sp³-hybridized carbons (Fsp3) is 0.200. The van der Waals surface area contributed by atoms with Crippen LogP contribution in [0.5, 0.6) is 0 Å². The summed E-state index contributed by atoms with van der Waals surface area (Å²) in [5.41, 5.74) is 0.886. The lowest BCUT2D eigenvalue weighted by molar-refractivity contribution is 0.104. The molecule has 5 nitrogen and oxygen atoms in total. The molecule has 106 valence electrons. The molecule has 20 heavy (non-hydrogen) atoms. The average Bonchev–Trinajstić information content (AvgIpc) is 2.41. The largest absolute Gasteiger partial charge is 0.465 e. The third-order valence-corrected chi connectivity index (χ3v) is 2.51. The number of hydrogen-bond donors (Lipinski definition) is 1. The molecule has 1 aromatic rings. The molecule has 0 aliphatic rings. The topological polar surface area (TPSA) is 60.9 Å². The van der Waals surface area contributed by atoms with Crippen LogP contribution in [0.4, 0.5) is 10.5 Å². The first kappa shape index (κ1) is 15.5. The van der Waals surface area contributed by atoms with Crippen molar-refractivity contribution in [3.05, 3.63) is 54.8 Å². The second-order valence-corrected chi connectivity index (χ2v) is 4.38. The quantitative estimate of drug-likeness (QED) is 0.492. The van der Waals surface area contributed by atoms with E-state index in [4.69, 9.17) is 5.11 Å². The summed E-state index contributed by atoms with van der Waals surface area (Å²) in [6.07, 6.45) is 3.50. The standard InChI is InChI=1S/C15H18N2O3/c1-4-9-17(15(19)20)13-7-5-6-12(11-13)14(18)8-10-16(2)3/h4-8,10-11H,1,9H2,2-3H3,(H,19,20). The zero-order valence-corrected chi connectivity index (χ0v) is 11.6. The lowest BCUT2D eigenvalue weighted by Gasteiger charge is -2.17. The normalized spacial score (nSPS) is 10.3. The summed E-state index contributed by atoms with van der Waals surface area (Å²) in [5.74, 6) is -0.176. The number of anilines is 1. The lowest BCUT2D eigenvalue weighted by atomic mass is 10.1. The van der Waals surface area contributed by atoms with Crippen molar-refractivity contribution in [3.8, 4) is 0 Å². The summed E-state index contributed by atoms with van der Waals surface area (Å²) < 4.78 is 0. The van der Waals surface area contributed by atoms with Gasteiger partial charge in [-0.05, 0) is 12.1 Å². The summed E-state index contributed by atoms with van der Waals surface area (Å²) in [7, 11) is 3.63. The van der Waals surface area contributed by atoms with Crippen LogP contribution in [0, 0.1) is 0 Å².